The Morgan fingerprint density at radius 2 is 2.27 bits per heavy atom. The number of hydrogen-bond acceptors (Lipinski definition) is 3. The lowest BCUT2D eigenvalue weighted by atomic mass is 10.0. The number of benzene rings is 1. The number of aromatic nitrogens is 2. The van der Waals surface area contributed by atoms with E-state index >= 15 is 0 Å². The molecule has 0 saturated heterocycles. The lowest BCUT2D eigenvalue weighted by Gasteiger charge is -2.00. The van der Waals surface area contributed by atoms with Crippen LogP contribution >= 0.6 is 0 Å². The molecular formula is C10H9N3O2. The minimum absolute atomic E-state index is 0.0991. The maximum Gasteiger partial charge on any atom is 0.277 e. The van der Waals surface area contributed by atoms with Gasteiger partial charge in [-0.2, -0.15) is 5.10 Å². The molecule has 1 aromatic heterocycles. The summed E-state index contributed by atoms with van der Waals surface area (Å²) in [5.74, 6) is 0. The summed E-state index contributed by atoms with van der Waals surface area (Å²) < 4.78 is 0. The monoisotopic (exact) mass is 203 g/mol. The first-order valence-electron chi connectivity index (χ1n) is 4.42. The molecule has 76 valence electrons. The molecule has 0 aliphatic rings. The highest BCUT2D eigenvalue weighted by molar-refractivity contribution is 5.73. The molecule has 1 aromatic carbocycles. The van der Waals surface area contributed by atoms with Gasteiger partial charge in [0.1, 0.15) is 0 Å². The quantitative estimate of drug-likeness (QED) is 0.601. The molecule has 1 heterocycles. The van der Waals surface area contributed by atoms with Gasteiger partial charge >= 0.3 is 0 Å². The average molecular weight is 203 g/mol. The second-order valence-corrected chi connectivity index (χ2v) is 3.26. The van der Waals surface area contributed by atoms with E-state index in [1.807, 2.05) is 6.92 Å². The van der Waals surface area contributed by atoms with Gasteiger partial charge in [0.25, 0.3) is 5.69 Å². The zero-order valence-electron chi connectivity index (χ0n) is 8.10. The van der Waals surface area contributed by atoms with Gasteiger partial charge in [0.15, 0.2) is 0 Å². The van der Waals surface area contributed by atoms with Crippen LogP contribution in [0, 0.1) is 17.0 Å². The Morgan fingerprint density at radius 1 is 1.47 bits per heavy atom. The van der Waals surface area contributed by atoms with Gasteiger partial charge in [-0.1, -0.05) is 11.6 Å². The summed E-state index contributed by atoms with van der Waals surface area (Å²) in [6.07, 6.45) is 3.21. The Hall–Kier alpha value is -2.17. The molecule has 0 bridgehead atoms. The summed E-state index contributed by atoms with van der Waals surface area (Å²) in [5.41, 5.74) is 2.40. The van der Waals surface area contributed by atoms with Crippen LogP contribution in [0.3, 0.4) is 0 Å². The molecule has 2 rings (SSSR count). The van der Waals surface area contributed by atoms with Crippen molar-refractivity contribution in [2.45, 2.75) is 6.92 Å². The molecule has 0 aliphatic heterocycles. The fourth-order valence-electron chi connectivity index (χ4n) is 1.44. The predicted molar refractivity (Wildman–Crippen MR) is 55.4 cm³/mol. The van der Waals surface area contributed by atoms with Crippen molar-refractivity contribution in [2.75, 3.05) is 0 Å². The van der Waals surface area contributed by atoms with Crippen LogP contribution in [0.15, 0.2) is 30.6 Å². The first-order valence-corrected chi connectivity index (χ1v) is 4.42. The third-order valence-electron chi connectivity index (χ3n) is 2.16. The minimum Gasteiger partial charge on any atom is -0.285 e. The summed E-state index contributed by atoms with van der Waals surface area (Å²) in [7, 11) is 0. The molecule has 5 nitrogen and oxygen atoms in total. The third-order valence-corrected chi connectivity index (χ3v) is 2.16. The van der Waals surface area contributed by atoms with Gasteiger partial charge < -0.3 is 0 Å². The van der Waals surface area contributed by atoms with E-state index in [1.54, 1.807) is 24.5 Å². The predicted octanol–water partition coefficient (Wildman–Crippen LogP) is 2.29. The number of nitrogens with zero attached hydrogens (tertiary/aromatic N) is 2. The summed E-state index contributed by atoms with van der Waals surface area (Å²) in [4.78, 5) is 10.4. The molecule has 0 spiro atoms. The molecule has 0 saturated carbocycles. The van der Waals surface area contributed by atoms with Crippen molar-refractivity contribution in [1.29, 1.82) is 0 Å². The first-order chi connectivity index (χ1) is 7.18. The minimum atomic E-state index is -0.387. The van der Waals surface area contributed by atoms with Crippen molar-refractivity contribution in [3.63, 3.8) is 0 Å². The van der Waals surface area contributed by atoms with E-state index in [9.17, 15) is 10.1 Å². The molecule has 0 radical (unpaired) electrons. The zero-order chi connectivity index (χ0) is 10.8. The van der Waals surface area contributed by atoms with E-state index in [1.165, 1.54) is 6.07 Å². The van der Waals surface area contributed by atoms with E-state index in [0.29, 0.717) is 5.56 Å². The van der Waals surface area contributed by atoms with Gasteiger partial charge in [-0.3, -0.25) is 15.2 Å². The Balaban J connectivity index is 2.63. The lowest BCUT2D eigenvalue weighted by Crippen LogP contribution is -1.91. The third kappa shape index (κ3) is 1.71. The number of aromatic amines is 1. The van der Waals surface area contributed by atoms with Crippen LogP contribution < -0.4 is 0 Å². The smallest absolute Gasteiger partial charge is 0.277 e. The van der Waals surface area contributed by atoms with Crippen LogP contribution in [-0.2, 0) is 0 Å². The number of nitro benzene ring substituents is 1. The Kier molecular flexibility index (Phi) is 2.21. The van der Waals surface area contributed by atoms with Crippen LogP contribution in [0.25, 0.3) is 11.1 Å². The van der Waals surface area contributed by atoms with Crippen molar-refractivity contribution in [3.8, 4) is 11.1 Å². The number of H-pyrrole nitrogens is 1. The maximum absolute atomic E-state index is 10.8. The van der Waals surface area contributed by atoms with E-state index in [4.69, 9.17) is 0 Å². The van der Waals surface area contributed by atoms with Crippen molar-refractivity contribution < 1.29 is 4.92 Å². The van der Waals surface area contributed by atoms with Gasteiger partial charge in [-0.25, -0.2) is 0 Å². The van der Waals surface area contributed by atoms with Crippen molar-refractivity contribution in [1.82, 2.24) is 10.2 Å². The molecule has 0 aliphatic carbocycles. The molecule has 1 N–H and O–H groups in total. The number of nitrogens with one attached hydrogen (secondary N) is 1. The fraction of sp³-hybridized carbons (Fsp3) is 0.100. The second kappa shape index (κ2) is 3.53. The van der Waals surface area contributed by atoms with E-state index in [-0.39, 0.29) is 10.6 Å². The fourth-order valence-corrected chi connectivity index (χ4v) is 1.44. The van der Waals surface area contributed by atoms with Gasteiger partial charge in [-0.15, -0.1) is 0 Å². The highest BCUT2D eigenvalue weighted by atomic mass is 16.6. The Bertz CT molecular complexity index is 491. The van der Waals surface area contributed by atoms with E-state index in [2.05, 4.69) is 10.2 Å². The zero-order valence-corrected chi connectivity index (χ0v) is 8.10. The molecular weight excluding hydrogens is 194 g/mol. The molecule has 2 aromatic rings. The highest BCUT2D eigenvalue weighted by Gasteiger charge is 2.15. The molecule has 15 heavy (non-hydrogen) atoms. The standard InChI is InChI=1S/C10H9N3O2/c1-7-2-3-10(13(14)15)9(4-7)8-5-11-12-6-8/h2-6H,1H3,(H,11,12). The summed E-state index contributed by atoms with van der Waals surface area (Å²) in [6, 6.07) is 5.02. The van der Waals surface area contributed by atoms with Gasteiger partial charge in [0, 0.05) is 17.8 Å². The normalized spacial score (nSPS) is 10.2. The van der Waals surface area contributed by atoms with Crippen LogP contribution in [0.1, 0.15) is 5.56 Å². The van der Waals surface area contributed by atoms with E-state index in [0.717, 1.165) is 11.1 Å². The summed E-state index contributed by atoms with van der Waals surface area (Å²) >= 11 is 0. The Morgan fingerprint density at radius 3 is 2.87 bits per heavy atom. The average Bonchev–Trinajstić information content (AvgIpc) is 2.69. The van der Waals surface area contributed by atoms with Crippen LogP contribution in [0.5, 0.6) is 0 Å². The van der Waals surface area contributed by atoms with Crippen molar-refractivity contribution >= 4 is 5.69 Å². The van der Waals surface area contributed by atoms with Gasteiger partial charge in [-0.05, 0) is 13.0 Å². The lowest BCUT2D eigenvalue weighted by molar-refractivity contribution is -0.384. The van der Waals surface area contributed by atoms with Gasteiger partial charge in [0.05, 0.1) is 16.7 Å². The van der Waals surface area contributed by atoms with Crippen LogP contribution in [0.4, 0.5) is 5.69 Å². The molecule has 0 amide bonds. The van der Waals surface area contributed by atoms with Crippen LogP contribution in [-0.4, -0.2) is 15.1 Å². The van der Waals surface area contributed by atoms with Gasteiger partial charge in [0.2, 0.25) is 0 Å². The maximum atomic E-state index is 10.8. The largest absolute Gasteiger partial charge is 0.285 e. The Labute approximate surface area is 85.9 Å². The molecule has 0 unspecified atom stereocenters. The first kappa shape index (κ1) is 9.39. The number of rotatable bonds is 2. The number of nitro groups is 1. The topological polar surface area (TPSA) is 71.8 Å². The SMILES string of the molecule is Cc1ccc([N+](=O)[O-])c(-c2cn[nH]c2)c1. The van der Waals surface area contributed by atoms with Crippen LogP contribution in [0.2, 0.25) is 0 Å². The number of aryl methyl sites for hydroxylation is 1. The highest BCUT2D eigenvalue weighted by Crippen LogP contribution is 2.29. The summed E-state index contributed by atoms with van der Waals surface area (Å²) in [6.45, 7) is 1.90. The second-order valence-electron chi connectivity index (χ2n) is 3.26. The summed E-state index contributed by atoms with van der Waals surface area (Å²) in [5, 5.41) is 17.2. The molecule has 0 fully saturated rings. The van der Waals surface area contributed by atoms with Crippen molar-refractivity contribution in [2.24, 2.45) is 0 Å². The number of hydrogen-bond donors (Lipinski definition) is 1. The molecule has 0 atom stereocenters. The van der Waals surface area contributed by atoms with Crippen molar-refractivity contribution in [3.05, 3.63) is 46.3 Å². The molecule has 5 heteroatoms. The van der Waals surface area contributed by atoms with E-state index < -0.39 is 0 Å².